The number of hydrogen-bond acceptors (Lipinski definition) is 6. The monoisotopic (exact) mass is 356 g/mol. The largest absolute Gasteiger partial charge is 0.496 e. The number of aromatic nitrogens is 1. The van der Waals surface area contributed by atoms with E-state index >= 15 is 0 Å². The number of sulfonamides is 1. The van der Waals surface area contributed by atoms with Gasteiger partial charge in [0.1, 0.15) is 10.8 Å². The Morgan fingerprint density at radius 3 is 2.74 bits per heavy atom. The van der Waals surface area contributed by atoms with Gasteiger partial charge in [0.15, 0.2) is 0 Å². The Morgan fingerprint density at radius 1 is 1.30 bits per heavy atom. The fourth-order valence-electron chi connectivity index (χ4n) is 2.07. The molecule has 0 aliphatic carbocycles. The second-order valence-electron chi connectivity index (χ2n) is 4.94. The number of methoxy groups -OCH3 is 2. The smallest absolute Gasteiger partial charge is 0.240 e. The third-order valence-electron chi connectivity index (χ3n) is 3.22. The molecule has 1 aromatic carbocycles. The van der Waals surface area contributed by atoms with E-state index in [1.165, 1.54) is 17.4 Å². The first-order valence-corrected chi connectivity index (χ1v) is 9.39. The Hall–Kier alpha value is -1.48. The molecular weight excluding hydrogens is 336 g/mol. The second-order valence-corrected chi connectivity index (χ2v) is 7.65. The predicted octanol–water partition coefficient (Wildman–Crippen LogP) is 2.13. The molecule has 0 atom stereocenters. The lowest BCUT2D eigenvalue weighted by Gasteiger charge is -2.09. The molecular formula is C15H20N2O4S2. The third-order valence-corrected chi connectivity index (χ3v) is 5.55. The van der Waals surface area contributed by atoms with Gasteiger partial charge in [-0.15, -0.1) is 11.3 Å². The topological polar surface area (TPSA) is 77.5 Å². The lowest BCUT2D eigenvalue weighted by atomic mass is 10.2. The third kappa shape index (κ3) is 4.74. The summed E-state index contributed by atoms with van der Waals surface area (Å²) in [6.07, 6.45) is 0.536. The van der Waals surface area contributed by atoms with Gasteiger partial charge in [-0.2, -0.15) is 0 Å². The summed E-state index contributed by atoms with van der Waals surface area (Å²) in [6.45, 7) is 2.58. The minimum Gasteiger partial charge on any atom is -0.496 e. The van der Waals surface area contributed by atoms with Crippen molar-refractivity contribution in [2.45, 2.75) is 24.8 Å². The van der Waals surface area contributed by atoms with E-state index < -0.39 is 10.0 Å². The van der Waals surface area contributed by atoms with Crippen molar-refractivity contribution in [2.75, 3.05) is 20.8 Å². The van der Waals surface area contributed by atoms with Crippen molar-refractivity contribution in [3.63, 3.8) is 0 Å². The fourth-order valence-corrected chi connectivity index (χ4v) is 3.98. The number of nitrogens with zero attached hydrogens (tertiary/aromatic N) is 1. The van der Waals surface area contributed by atoms with E-state index in [0.29, 0.717) is 25.3 Å². The van der Waals surface area contributed by atoms with Crippen LogP contribution < -0.4 is 9.46 Å². The Morgan fingerprint density at radius 2 is 2.09 bits per heavy atom. The summed E-state index contributed by atoms with van der Waals surface area (Å²) in [4.78, 5) is 4.60. The molecule has 2 aromatic rings. The van der Waals surface area contributed by atoms with E-state index in [-0.39, 0.29) is 4.90 Å². The van der Waals surface area contributed by atoms with Crippen LogP contribution in [0.4, 0.5) is 0 Å². The number of hydrogen-bond donors (Lipinski definition) is 1. The van der Waals surface area contributed by atoms with Gasteiger partial charge in [0, 0.05) is 25.5 Å². The zero-order valence-electron chi connectivity index (χ0n) is 13.3. The maximum atomic E-state index is 12.3. The Labute approximate surface area is 140 Å². The van der Waals surface area contributed by atoms with Crippen LogP contribution in [-0.4, -0.2) is 34.2 Å². The summed E-state index contributed by atoms with van der Waals surface area (Å²) < 4.78 is 37.3. The van der Waals surface area contributed by atoms with Gasteiger partial charge >= 0.3 is 0 Å². The van der Waals surface area contributed by atoms with E-state index in [1.54, 1.807) is 26.4 Å². The van der Waals surface area contributed by atoms with E-state index in [1.807, 2.05) is 12.3 Å². The van der Waals surface area contributed by atoms with Crippen molar-refractivity contribution in [2.24, 2.45) is 0 Å². The summed E-state index contributed by atoms with van der Waals surface area (Å²) in [7, 11) is -0.363. The van der Waals surface area contributed by atoms with Crippen molar-refractivity contribution in [3.8, 4) is 5.75 Å². The molecule has 8 heteroatoms. The van der Waals surface area contributed by atoms with Crippen molar-refractivity contribution >= 4 is 21.4 Å². The summed E-state index contributed by atoms with van der Waals surface area (Å²) in [5.74, 6) is 0.664. The average Bonchev–Trinajstić information content (AvgIpc) is 2.95. The standard InChI is InChI=1S/C15H20N2O4S2/c1-11-8-13(4-5-14(11)21-3)23(18,19)16-7-6-12-10-22-15(17-12)9-20-2/h4-5,8,10,16H,6-7,9H2,1-3H3. The molecule has 0 aliphatic heterocycles. The van der Waals surface area contributed by atoms with Gasteiger partial charge in [0.05, 0.1) is 24.3 Å². The number of nitrogens with one attached hydrogen (secondary N) is 1. The molecule has 0 radical (unpaired) electrons. The van der Waals surface area contributed by atoms with Crippen LogP contribution in [0, 0.1) is 6.92 Å². The maximum Gasteiger partial charge on any atom is 0.240 e. The van der Waals surface area contributed by atoms with Crippen molar-refractivity contribution in [3.05, 3.63) is 39.8 Å². The molecule has 1 N–H and O–H groups in total. The van der Waals surface area contributed by atoms with E-state index in [0.717, 1.165) is 16.3 Å². The van der Waals surface area contributed by atoms with Crippen LogP contribution in [0.1, 0.15) is 16.3 Å². The lowest BCUT2D eigenvalue weighted by molar-refractivity contribution is 0.184. The Bertz CT molecular complexity index is 757. The molecule has 0 bridgehead atoms. The number of aryl methyl sites for hydroxylation is 1. The molecule has 0 aliphatic rings. The highest BCUT2D eigenvalue weighted by molar-refractivity contribution is 7.89. The molecule has 0 fully saturated rings. The Balaban J connectivity index is 1.96. The van der Waals surface area contributed by atoms with E-state index in [9.17, 15) is 8.42 Å². The lowest BCUT2D eigenvalue weighted by Crippen LogP contribution is -2.26. The number of ether oxygens (including phenoxy) is 2. The van der Waals surface area contributed by atoms with Gasteiger partial charge in [-0.3, -0.25) is 0 Å². The number of benzene rings is 1. The van der Waals surface area contributed by atoms with E-state index in [2.05, 4.69) is 9.71 Å². The van der Waals surface area contributed by atoms with Gasteiger partial charge in [-0.1, -0.05) is 0 Å². The zero-order chi connectivity index (χ0) is 16.9. The molecule has 1 heterocycles. The first kappa shape index (κ1) is 17.9. The molecule has 0 saturated carbocycles. The summed E-state index contributed by atoms with van der Waals surface area (Å²) in [6, 6.07) is 4.79. The first-order valence-electron chi connectivity index (χ1n) is 7.03. The van der Waals surface area contributed by atoms with Crippen LogP contribution in [0.5, 0.6) is 5.75 Å². The van der Waals surface area contributed by atoms with Gasteiger partial charge in [0.25, 0.3) is 0 Å². The normalized spacial score (nSPS) is 11.6. The highest BCUT2D eigenvalue weighted by Crippen LogP contribution is 2.21. The van der Waals surface area contributed by atoms with Crippen LogP contribution in [-0.2, 0) is 27.8 Å². The molecule has 126 valence electrons. The first-order chi connectivity index (χ1) is 11.0. The van der Waals surface area contributed by atoms with Gasteiger partial charge in [-0.25, -0.2) is 18.1 Å². The minimum absolute atomic E-state index is 0.231. The second kappa shape index (κ2) is 7.87. The molecule has 0 unspecified atom stereocenters. The van der Waals surface area contributed by atoms with Crippen LogP contribution in [0.2, 0.25) is 0 Å². The Kier molecular flexibility index (Phi) is 6.11. The van der Waals surface area contributed by atoms with Gasteiger partial charge in [0.2, 0.25) is 10.0 Å². The van der Waals surface area contributed by atoms with Crippen molar-refractivity contribution in [1.82, 2.24) is 9.71 Å². The highest BCUT2D eigenvalue weighted by atomic mass is 32.2. The van der Waals surface area contributed by atoms with Crippen LogP contribution in [0.25, 0.3) is 0 Å². The molecule has 1 aromatic heterocycles. The average molecular weight is 356 g/mol. The van der Waals surface area contributed by atoms with Gasteiger partial charge < -0.3 is 9.47 Å². The molecule has 2 rings (SSSR count). The zero-order valence-corrected chi connectivity index (χ0v) is 15.0. The maximum absolute atomic E-state index is 12.3. The van der Waals surface area contributed by atoms with Crippen LogP contribution in [0.3, 0.4) is 0 Å². The highest BCUT2D eigenvalue weighted by Gasteiger charge is 2.15. The summed E-state index contributed by atoms with van der Waals surface area (Å²) in [5, 5.41) is 2.80. The predicted molar refractivity (Wildman–Crippen MR) is 89.5 cm³/mol. The minimum atomic E-state index is -3.54. The SMILES string of the molecule is COCc1nc(CCNS(=O)(=O)c2ccc(OC)c(C)c2)cs1. The van der Waals surface area contributed by atoms with E-state index in [4.69, 9.17) is 9.47 Å². The molecule has 0 spiro atoms. The molecule has 0 saturated heterocycles. The number of rotatable bonds is 8. The van der Waals surface area contributed by atoms with Gasteiger partial charge in [-0.05, 0) is 30.7 Å². The molecule has 0 amide bonds. The van der Waals surface area contributed by atoms with Crippen LogP contribution in [0.15, 0.2) is 28.5 Å². The fraction of sp³-hybridized carbons (Fsp3) is 0.400. The van der Waals surface area contributed by atoms with Crippen molar-refractivity contribution in [1.29, 1.82) is 0 Å². The summed E-state index contributed by atoms with van der Waals surface area (Å²) >= 11 is 1.51. The molecule has 6 nitrogen and oxygen atoms in total. The number of thiazole rings is 1. The quantitative estimate of drug-likeness (QED) is 0.784. The summed E-state index contributed by atoms with van der Waals surface area (Å²) in [5.41, 5.74) is 1.63. The van der Waals surface area contributed by atoms with Crippen molar-refractivity contribution < 1.29 is 17.9 Å². The molecule has 23 heavy (non-hydrogen) atoms. The van der Waals surface area contributed by atoms with Crippen LogP contribution >= 0.6 is 11.3 Å².